The molecule has 4 rings (SSSR count). The van der Waals surface area contributed by atoms with E-state index in [2.05, 4.69) is 21.2 Å². The molecule has 1 N–H and O–H groups in total. The second kappa shape index (κ2) is 14.4. The molecule has 0 saturated heterocycles. The summed E-state index contributed by atoms with van der Waals surface area (Å²) in [5.41, 5.74) is 1.06. The van der Waals surface area contributed by atoms with Gasteiger partial charge in [-0.15, -0.1) is 0 Å². The lowest BCUT2D eigenvalue weighted by atomic mass is 10.1. The summed E-state index contributed by atoms with van der Waals surface area (Å²) in [5, 5.41) is 3.62. The van der Waals surface area contributed by atoms with Gasteiger partial charge >= 0.3 is 0 Å². The van der Waals surface area contributed by atoms with Crippen LogP contribution in [0.15, 0.2) is 82.2 Å². The third kappa shape index (κ3) is 8.05. The number of carbonyl (C=O) groups excluding carboxylic acids is 2. The number of benzene rings is 3. The number of rotatable bonds is 12. The molecular weight excluding hydrogens is 642 g/mol. The van der Waals surface area contributed by atoms with Crippen molar-refractivity contribution in [3.63, 3.8) is 0 Å². The second-order valence-corrected chi connectivity index (χ2v) is 13.4. The Morgan fingerprint density at radius 1 is 1.00 bits per heavy atom. The van der Waals surface area contributed by atoms with Crippen LogP contribution in [0.4, 0.5) is 5.69 Å². The zero-order valence-electron chi connectivity index (χ0n) is 23.6. The molecule has 3 aromatic rings. The van der Waals surface area contributed by atoms with Crippen molar-refractivity contribution in [3.05, 3.63) is 87.9 Å². The van der Waals surface area contributed by atoms with Crippen molar-refractivity contribution in [3.8, 4) is 5.75 Å². The van der Waals surface area contributed by atoms with Crippen LogP contribution in [0.5, 0.6) is 5.75 Å². The maximum absolute atomic E-state index is 14.1. The minimum atomic E-state index is -4.16. The van der Waals surface area contributed by atoms with Gasteiger partial charge in [0.1, 0.15) is 18.3 Å². The Kier molecular flexibility index (Phi) is 10.9. The second-order valence-electron chi connectivity index (χ2n) is 10.2. The molecule has 3 aromatic carbocycles. The zero-order valence-corrected chi connectivity index (χ0v) is 26.8. The van der Waals surface area contributed by atoms with Crippen LogP contribution >= 0.6 is 27.5 Å². The first-order valence-electron chi connectivity index (χ1n) is 13.9. The van der Waals surface area contributed by atoms with Gasteiger partial charge in [-0.05, 0) is 92.9 Å². The number of amides is 2. The van der Waals surface area contributed by atoms with Gasteiger partial charge in [-0.1, -0.05) is 52.5 Å². The van der Waals surface area contributed by atoms with Gasteiger partial charge in [0.25, 0.3) is 10.0 Å². The number of nitrogens with one attached hydrogen (secondary N) is 1. The number of sulfonamides is 1. The van der Waals surface area contributed by atoms with E-state index in [0.717, 1.165) is 40.0 Å². The molecule has 0 spiro atoms. The van der Waals surface area contributed by atoms with Crippen LogP contribution in [0.2, 0.25) is 5.02 Å². The largest absolute Gasteiger partial charge is 0.494 e. The molecule has 1 unspecified atom stereocenters. The molecule has 224 valence electrons. The van der Waals surface area contributed by atoms with Gasteiger partial charge in [-0.3, -0.25) is 13.9 Å². The van der Waals surface area contributed by atoms with Gasteiger partial charge in [-0.25, -0.2) is 8.42 Å². The lowest BCUT2D eigenvalue weighted by molar-refractivity contribution is -0.139. The molecule has 0 bridgehead atoms. The first kappa shape index (κ1) is 31.8. The third-order valence-electron chi connectivity index (χ3n) is 7.25. The van der Waals surface area contributed by atoms with Gasteiger partial charge in [0, 0.05) is 22.1 Å². The lowest BCUT2D eigenvalue weighted by Crippen LogP contribution is -2.52. The highest BCUT2D eigenvalue weighted by molar-refractivity contribution is 9.10. The molecule has 1 aliphatic rings. The molecule has 1 atom stereocenters. The number of halogens is 2. The fraction of sp³-hybridized carbons (Fsp3) is 0.355. The van der Waals surface area contributed by atoms with E-state index in [1.165, 1.54) is 17.0 Å². The molecule has 0 aromatic heterocycles. The SMILES string of the molecule is CCOc1ccc(N(CC(=O)N(Cc2ccc(Cl)cc2)C(C)C(=O)NC2CCCC2)S(=O)(=O)c2ccc(Br)cc2)cc1. The van der Waals surface area contributed by atoms with Crippen molar-refractivity contribution in [2.24, 2.45) is 0 Å². The number of ether oxygens (including phenoxy) is 1. The quantitative estimate of drug-likeness (QED) is 0.248. The normalized spacial score (nSPS) is 14.3. The zero-order chi connectivity index (χ0) is 30.3. The summed E-state index contributed by atoms with van der Waals surface area (Å²) in [6.45, 7) is 3.57. The Balaban J connectivity index is 1.68. The summed E-state index contributed by atoms with van der Waals surface area (Å²) in [6.07, 6.45) is 3.91. The summed E-state index contributed by atoms with van der Waals surface area (Å²) < 4.78 is 35.2. The van der Waals surface area contributed by atoms with Gasteiger partial charge in [0.05, 0.1) is 17.2 Å². The average molecular weight is 677 g/mol. The highest BCUT2D eigenvalue weighted by Gasteiger charge is 2.33. The van der Waals surface area contributed by atoms with E-state index in [1.807, 2.05) is 6.92 Å². The van der Waals surface area contributed by atoms with Crippen LogP contribution < -0.4 is 14.4 Å². The van der Waals surface area contributed by atoms with Crippen LogP contribution in [0.25, 0.3) is 0 Å². The summed E-state index contributed by atoms with van der Waals surface area (Å²) in [4.78, 5) is 28.8. The van der Waals surface area contributed by atoms with Crippen molar-refractivity contribution in [1.82, 2.24) is 10.2 Å². The van der Waals surface area contributed by atoms with Crippen LogP contribution in [0.3, 0.4) is 0 Å². The van der Waals surface area contributed by atoms with Gasteiger partial charge in [0.15, 0.2) is 0 Å². The first-order valence-corrected chi connectivity index (χ1v) is 16.5. The average Bonchev–Trinajstić information content (AvgIpc) is 3.49. The molecule has 11 heteroatoms. The molecule has 0 radical (unpaired) electrons. The van der Waals surface area contributed by atoms with E-state index in [4.69, 9.17) is 16.3 Å². The van der Waals surface area contributed by atoms with E-state index in [1.54, 1.807) is 67.6 Å². The monoisotopic (exact) mass is 675 g/mol. The maximum Gasteiger partial charge on any atom is 0.264 e. The summed E-state index contributed by atoms with van der Waals surface area (Å²) in [5.74, 6) is -0.212. The summed E-state index contributed by atoms with van der Waals surface area (Å²) in [7, 11) is -4.16. The van der Waals surface area contributed by atoms with Crippen molar-refractivity contribution >= 4 is 55.1 Å². The number of hydrogen-bond acceptors (Lipinski definition) is 5. The Morgan fingerprint density at radius 3 is 2.21 bits per heavy atom. The van der Waals surface area contributed by atoms with E-state index in [-0.39, 0.29) is 23.4 Å². The highest BCUT2D eigenvalue weighted by atomic mass is 79.9. The van der Waals surface area contributed by atoms with E-state index >= 15 is 0 Å². The van der Waals surface area contributed by atoms with E-state index in [0.29, 0.717) is 23.1 Å². The van der Waals surface area contributed by atoms with Gasteiger partial charge in [0.2, 0.25) is 11.8 Å². The van der Waals surface area contributed by atoms with Crippen LogP contribution in [0, 0.1) is 0 Å². The Bertz CT molecular complexity index is 1460. The molecule has 1 aliphatic carbocycles. The summed E-state index contributed by atoms with van der Waals surface area (Å²) >= 11 is 9.42. The standard InChI is InChI=1S/C31H35BrClN3O5S/c1-3-41-28-16-14-27(15-17-28)36(42(39,40)29-18-10-24(32)11-19-29)21-30(37)35(20-23-8-12-25(33)13-9-23)22(2)31(38)34-26-6-4-5-7-26/h8-19,22,26H,3-7,20-21H2,1-2H3,(H,34,38). The minimum Gasteiger partial charge on any atom is -0.494 e. The lowest BCUT2D eigenvalue weighted by Gasteiger charge is -2.32. The van der Waals surface area contributed by atoms with Crippen molar-refractivity contribution < 1.29 is 22.7 Å². The van der Waals surface area contributed by atoms with Crippen LogP contribution in [-0.4, -0.2) is 50.4 Å². The number of hydrogen-bond donors (Lipinski definition) is 1. The predicted octanol–water partition coefficient (Wildman–Crippen LogP) is 6.17. The molecule has 1 saturated carbocycles. The molecule has 0 heterocycles. The number of anilines is 1. The molecule has 1 fully saturated rings. The Morgan fingerprint density at radius 2 is 1.62 bits per heavy atom. The topological polar surface area (TPSA) is 96.0 Å². The van der Waals surface area contributed by atoms with Crippen LogP contribution in [-0.2, 0) is 26.2 Å². The van der Waals surface area contributed by atoms with Crippen molar-refractivity contribution in [2.75, 3.05) is 17.5 Å². The smallest absolute Gasteiger partial charge is 0.264 e. The van der Waals surface area contributed by atoms with E-state index in [9.17, 15) is 18.0 Å². The minimum absolute atomic E-state index is 0.0312. The van der Waals surface area contributed by atoms with Gasteiger partial charge < -0.3 is 15.0 Å². The fourth-order valence-corrected chi connectivity index (χ4v) is 6.70. The fourth-order valence-electron chi connectivity index (χ4n) is 4.90. The molecule has 2 amide bonds. The molecule has 8 nitrogen and oxygen atoms in total. The number of nitrogens with zero attached hydrogens (tertiary/aromatic N) is 2. The van der Waals surface area contributed by atoms with Crippen molar-refractivity contribution in [1.29, 1.82) is 0 Å². The van der Waals surface area contributed by atoms with Crippen molar-refractivity contribution in [2.45, 2.75) is 63.1 Å². The summed E-state index contributed by atoms with van der Waals surface area (Å²) in [6, 6.07) is 19.0. The highest BCUT2D eigenvalue weighted by Crippen LogP contribution is 2.28. The van der Waals surface area contributed by atoms with Crippen LogP contribution in [0.1, 0.15) is 45.1 Å². The first-order chi connectivity index (χ1) is 20.1. The molecular formula is C31H35BrClN3O5S. The van der Waals surface area contributed by atoms with Gasteiger partial charge in [-0.2, -0.15) is 0 Å². The Hall–Kier alpha value is -3.08. The number of carbonyl (C=O) groups is 2. The molecule has 0 aliphatic heterocycles. The predicted molar refractivity (Wildman–Crippen MR) is 168 cm³/mol. The third-order valence-corrected chi connectivity index (χ3v) is 9.82. The maximum atomic E-state index is 14.1. The molecule has 42 heavy (non-hydrogen) atoms. The Labute approximate surface area is 261 Å². The van der Waals surface area contributed by atoms with E-state index < -0.39 is 28.5 Å².